The number of carbonyl (C=O) groups excluding carboxylic acids is 1. The predicted molar refractivity (Wildman–Crippen MR) is 79.0 cm³/mol. The van der Waals surface area contributed by atoms with Crippen LogP contribution >= 0.6 is 27.5 Å². The number of hydrogen-bond donors (Lipinski definition) is 0. The minimum Gasteiger partial charge on any atom is -0.315 e. The normalized spacial score (nSPS) is 10.5. The minimum absolute atomic E-state index is 0.00345. The molecule has 3 nitrogen and oxygen atoms in total. The summed E-state index contributed by atoms with van der Waals surface area (Å²) in [4.78, 5) is 22.7. The first-order chi connectivity index (χ1) is 9.02. The maximum atomic E-state index is 11.9. The Labute approximate surface area is 124 Å². The van der Waals surface area contributed by atoms with Gasteiger partial charge in [-0.25, -0.2) is 0 Å². The molecule has 0 fully saturated rings. The highest BCUT2D eigenvalue weighted by atomic mass is 79.9. The summed E-state index contributed by atoms with van der Waals surface area (Å²) in [5, 5.41) is 0.199. The fraction of sp³-hybridized carbons (Fsp3) is 0.143. The van der Waals surface area contributed by atoms with Crippen molar-refractivity contribution in [2.24, 2.45) is 7.05 Å². The molecule has 1 aromatic carbocycles. The van der Waals surface area contributed by atoms with Gasteiger partial charge in [0.2, 0.25) is 0 Å². The van der Waals surface area contributed by atoms with Crippen LogP contribution < -0.4 is 5.56 Å². The summed E-state index contributed by atoms with van der Waals surface area (Å²) in [5.41, 5.74) is 1.47. The van der Waals surface area contributed by atoms with Gasteiger partial charge in [-0.05, 0) is 23.8 Å². The molecule has 0 aliphatic rings. The number of halogens is 2. The van der Waals surface area contributed by atoms with Crippen LogP contribution in [-0.2, 0) is 13.5 Å². The van der Waals surface area contributed by atoms with Gasteiger partial charge in [0.15, 0.2) is 6.29 Å². The highest BCUT2D eigenvalue weighted by Gasteiger charge is 2.11. The van der Waals surface area contributed by atoms with Gasteiger partial charge in [-0.2, -0.15) is 0 Å². The molecular formula is C14H11BrClNO2. The Morgan fingerprint density at radius 1 is 1.32 bits per heavy atom. The van der Waals surface area contributed by atoms with Gasteiger partial charge >= 0.3 is 0 Å². The van der Waals surface area contributed by atoms with E-state index in [1.54, 1.807) is 13.1 Å². The zero-order valence-electron chi connectivity index (χ0n) is 10.2. The van der Waals surface area contributed by atoms with Crippen LogP contribution in [0.4, 0.5) is 0 Å². The van der Waals surface area contributed by atoms with E-state index in [2.05, 4.69) is 15.9 Å². The standard InChI is InChI=1S/C14H11BrClNO2/c1-17-11(6-9-2-4-10(15)5-3-9)7-13(16)12(8-18)14(17)19/h2-5,7-8H,6H2,1H3. The molecule has 0 aliphatic carbocycles. The SMILES string of the molecule is Cn1c(Cc2ccc(Br)cc2)cc(Cl)c(C=O)c1=O. The summed E-state index contributed by atoms with van der Waals surface area (Å²) in [5.74, 6) is 0. The second-order valence-electron chi connectivity index (χ2n) is 4.18. The number of carbonyl (C=O) groups is 1. The van der Waals surface area contributed by atoms with Crippen molar-refractivity contribution in [3.8, 4) is 0 Å². The molecule has 98 valence electrons. The molecule has 19 heavy (non-hydrogen) atoms. The molecule has 1 aromatic heterocycles. The first-order valence-electron chi connectivity index (χ1n) is 5.61. The van der Waals surface area contributed by atoms with E-state index in [1.165, 1.54) is 4.57 Å². The summed E-state index contributed by atoms with van der Waals surface area (Å²) in [6.45, 7) is 0. The summed E-state index contributed by atoms with van der Waals surface area (Å²) in [6.07, 6.45) is 1.08. The van der Waals surface area contributed by atoms with Crippen molar-refractivity contribution in [2.75, 3.05) is 0 Å². The first-order valence-corrected chi connectivity index (χ1v) is 6.78. The van der Waals surface area contributed by atoms with E-state index >= 15 is 0 Å². The molecule has 0 atom stereocenters. The maximum Gasteiger partial charge on any atom is 0.262 e. The van der Waals surface area contributed by atoms with Crippen molar-refractivity contribution in [2.45, 2.75) is 6.42 Å². The Hall–Kier alpha value is -1.39. The lowest BCUT2D eigenvalue weighted by atomic mass is 10.1. The average Bonchev–Trinajstić information content (AvgIpc) is 2.39. The number of pyridine rings is 1. The summed E-state index contributed by atoms with van der Waals surface area (Å²) < 4.78 is 2.46. The molecule has 0 aliphatic heterocycles. The smallest absolute Gasteiger partial charge is 0.262 e. The van der Waals surface area contributed by atoms with E-state index in [4.69, 9.17) is 11.6 Å². The van der Waals surface area contributed by atoms with Gasteiger partial charge in [-0.3, -0.25) is 9.59 Å². The molecule has 5 heteroatoms. The van der Waals surface area contributed by atoms with Gasteiger partial charge < -0.3 is 4.57 Å². The molecule has 0 spiro atoms. The monoisotopic (exact) mass is 339 g/mol. The van der Waals surface area contributed by atoms with Crippen molar-refractivity contribution in [3.63, 3.8) is 0 Å². The zero-order valence-corrected chi connectivity index (χ0v) is 12.5. The van der Waals surface area contributed by atoms with E-state index in [-0.39, 0.29) is 16.1 Å². The van der Waals surface area contributed by atoms with Crippen molar-refractivity contribution in [3.05, 3.63) is 67.0 Å². The number of rotatable bonds is 3. The van der Waals surface area contributed by atoms with E-state index in [0.717, 1.165) is 15.7 Å². The molecule has 0 unspecified atom stereocenters. The molecule has 1 heterocycles. The van der Waals surface area contributed by atoms with Gasteiger partial charge in [-0.15, -0.1) is 0 Å². The second-order valence-corrected chi connectivity index (χ2v) is 5.51. The van der Waals surface area contributed by atoms with Gasteiger partial charge in [0, 0.05) is 23.6 Å². The van der Waals surface area contributed by atoms with Crippen LogP contribution in [0.2, 0.25) is 5.02 Å². The summed E-state index contributed by atoms with van der Waals surface area (Å²) in [6, 6.07) is 9.48. The molecule has 0 saturated carbocycles. The molecular weight excluding hydrogens is 330 g/mol. The van der Waals surface area contributed by atoms with Crippen molar-refractivity contribution in [1.82, 2.24) is 4.57 Å². The topological polar surface area (TPSA) is 39.1 Å². The van der Waals surface area contributed by atoms with Gasteiger partial charge in [0.1, 0.15) is 0 Å². The quantitative estimate of drug-likeness (QED) is 0.805. The van der Waals surface area contributed by atoms with E-state index in [0.29, 0.717) is 12.7 Å². The highest BCUT2D eigenvalue weighted by Crippen LogP contribution is 2.17. The third kappa shape index (κ3) is 2.96. The lowest BCUT2D eigenvalue weighted by Gasteiger charge is -2.10. The van der Waals surface area contributed by atoms with E-state index in [9.17, 15) is 9.59 Å². The Morgan fingerprint density at radius 3 is 2.53 bits per heavy atom. The summed E-state index contributed by atoms with van der Waals surface area (Å²) >= 11 is 9.32. The van der Waals surface area contributed by atoms with Crippen LogP contribution in [0.25, 0.3) is 0 Å². The van der Waals surface area contributed by atoms with Gasteiger partial charge in [-0.1, -0.05) is 39.7 Å². The number of aldehydes is 1. The van der Waals surface area contributed by atoms with Crippen LogP contribution in [-0.4, -0.2) is 10.9 Å². The number of hydrogen-bond acceptors (Lipinski definition) is 2. The van der Waals surface area contributed by atoms with Crippen LogP contribution in [0, 0.1) is 0 Å². The molecule has 0 amide bonds. The number of aromatic nitrogens is 1. The Morgan fingerprint density at radius 2 is 1.95 bits per heavy atom. The largest absolute Gasteiger partial charge is 0.315 e. The summed E-state index contributed by atoms with van der Waals surface area (Å²) in [7, 11) is 1.64. The van der Waals surface area contributed by atoms with Crippen molar-refractivity contribution in [1.29, 1.82) is 0 Å². The van der Waals surface area contributed by atoms with Crippen LogP contribution in [0.1, 0.15) is 21.6 Å². The van der Waals surface area contributed by atoms with E-state index < -0.39 is 0 Å². The minimum atomic E-state index is -0.366. The fourth-order valence-electron chi connectivity index (χ4n) is 1.82. The third-order valence-corrected chi connectivity index (χ3v) is 3.77. The molecule has 0 radical (unpaired) electrons. The molecule has 2 aromatic rings. The molecule has 0 saturated heterocycles. The van der Waals surface area contributed by atoms with Gasteiger partial charge in [0.25, 0.3) is 5.56 Å². The van der Waals surface area contributed by atoms with Crippen LogP contribution in [0.5, 0.6) is 0 Å². The van der Waals surface area contributed by atoms with Crippen LogP contribution in [0.15, 0.2) is 39.6 Å². The Balaban J connectivity index is 2.44. The Bertz CT molecular complexity index is 677. The van der Waals surface area contributed by atoms with E-state index in [1.807, 2.05) is 24.3 Å². The maximum absolute atomic E-state index is 11.9. The van der Waals surface area contributed by atoms with Crippen molar-refractivity contribution < 1.29 is 4.79 Å². The average molecular weight is 341 g/mol. The Kier molecular flexibility index (Phi) is 4.22. The fourth-order valence-corrected chi connectivity index (χ4v) is 2.34. The number of nitrogens with zero attached hydrogens (tertiary/aromatic N) is 1. The molecule has 2 rings (SSSR count). The highest BCUT2D eigenvalue weighted by molar-refractivity contribution is 9.10. The third-order valence-electron chi connectivity index (χ3n) is 2.93. The van der Waals surface area contributed by atoms with Gasteiger partial charge in [0.05, 0.1) is 10.6 Å². The predicted octanol–water partition coefficient (Wildman–Crippen LogP) is 3.20. The number of benzene rings is 1. The first kappa shape index (κ1) is 14.0. The van der Waals surface area contributed by atoms with Crippen LogP contribution in [0.3, 0.4) is 0 Å². The lowest BCUT2D eigenvalue weighted by molar-refractivity contribution is 0.112. The van der Waals surface area contributed by atoms with Crippen molar-refractivity contribution >= 4 is 33.8 Å². The lowest BCUT2D eigenvalue weighted by Crippen LogP contribution is -2.24. The molecule has 0 bridgehead atoms. The molecule has 0 N–H and O–H groups in total. The zero-order chi connectivity index (χ0) is 14.0. The second kappa shape index (κ2) is 5.72.